The maximum Gasteiger partial charge on any atom is 0.147 e. The molecule has 19 heavy (non-hydrogen) atoms. The molecule has 1 aromatic carbocycles. The van der Waals surface area contributed by atoms with Crippen LogP contribution in [0, 0.1) is 0 Å². The minimum atomic E-state index is -0.173. The van der Waals surface area contributed by atoms with E-state index in [2.05, 4.69) is 20.8 Å². The molecular weight excluding hydrogens is 246 g/mol. The van der Waals surface area contributed by atoms with E-state index in [4.69, 9.17) is 11.5 Å². The fraction of sp³-hybridized carbons (Fsp3) is 0.300. The molecule has 9 nitrogen and oxygen atoms in total. The summed E-state index contributed by atoms with van der Waals surface area (Å²) >= 11 is 0. The van der Waals surface area contributed by atoms with Gasteiger partial charge in [-0.3, -0.25) is 5.43 Å². The Labute approximate surface area is 108 Å². The van der Waals surface area contributed by atoms with Gasteiger partial charge in [0.2, 0.25) is 0 Å². The molecule has 9 heteroatoms. The van der Waals surface area contributed by atoms with Crippen molar-refractivity contribution in [2.45, 2.75) is 12.2 Å². The van der Waals surface area contributed by atoms with Crippen molar-refractivity contribution in [3.63, 3.8) is 0 Å². The van der Waals surface area contributed by atoms with Gasteiger partial charge in [-0.2, -0.15) is 5.12 Å². The number of amidine groups is 1. The van der Waals surface area contributed by atoms with Crippen LogP contribution in [0.5, 0.6) is 0 Å². The van der Waals surface area contributed by atoms with E-state index in [-0.39, 0.29) is 12.2 Å². The van der Waals surface area contributed by atoms with Crippen molar-refractivity contribution in [2.75, 3.05) is 5.43 Å². The van der Waals surface area contributed by atoms with Crippen molar-refractivity contribution in [2.24, 2.45) is 23.6 Å². The normalized spacial score (nSPS) is 25.6. The highest BCUT2D eigenvalue weighted by Gasteiger charge is 2.53. The van der Waals surface area contributed by atoms with Crippen LogP contribution in [0.3, 0.4) is 0 Å². The van der Waals surface area contributed by atoms with Gasteiger partial charge in [-0.05, 0) is 18.2 Å². The van der Waals surface area contributed by atoms with Gasteiger partial charge >= 0.3 is 0 Å². The lowest BCUT2D eigenvalue weighted by Crippen LogP contribution is -2.72. The third kappa shape index (κ3) is 1.28. The lowest BCUT2D eigenvalue weighted by molar-refractivity contribution is -0.143. The second kappa shape index (κ2) is 3.33. The third-order valence-electron chi connectivity index (χ3n) is 3.45. The summed E-state index contributed by atoms with van der Waals surface area (Å²) in [7, 11) is 1.86. The topological polar surface area (TPSA) is 114 Å². The highest BCUT2D eigenvalue weighted by molar-refractivity contribution is 5.90. The summed E-state index contributed by atoms with van der Waals surface area (Å²) in [6.45, 7) is 0. The van der Waals surface area contributed by atoms with Gasteiger partial charge in [0.15, 0.2) is 0 Å². The monoisotopic (exact) mass is 259 g/mol. The number of anilines is 1. The molecule has 5 rings (SSSR count). The first kappa shape index (κ1) is 10.5. The van der Waals surface area contributed by atoms with Crippen LogP contribution in [0.15, 0.2) is 23.3 Å². The average molecular weight is 259 g/mol. The van der Waals surface area contributed by atoms with Gasteiger partial charge in [-0.25, -0.2) is 4.68 Å². The molecule has 2 bridgehead atoms. The molecule has 2 atom stereocenters. The van der Waals surface area contributed by atoms with Gasteiger partial charge in [0.25, 0.3) is 0 Å². The van der Waals surface area contributed by atoms with E-state index >= 15 is 0 Å². The van der Waals surface area contributed by atoms with Crippen LogP contribution >= 0.6 is 0 Å². The van der Waals surface area contributed by atoms with Crippen molar-refractivity contribution in [1.29, 1.82) is 0 Å². The molecule has 3 aliphatic rings. The minimum absolute atomic E-state index is 0.0856. The Morgan fingerprint density at radius 1 is 1.37 bits per heavy atom. The predicted octanol–water partition coefficient (Wildman–Crippen LogP) is -1.23. The van der Waals surface area contributed by atoms with E-state index in [1.54, 1.807) is 14.9 Å². The number of nitrogens with zero attached hydrogens (tertiary/aromatic N) is 6. The maximum atomic E-state index is 5.88. The largest absolute Gasteiger partial charge is 0.384 e. The van der Waals surface area contributed by atoms with E-state index in [1.807, 2.05) is 25.2 Å². The zero-order valence-electron chi connectivity index (χ0n) is 10.2. The number of rotatable bonds is 2. The maximum absolute atomic E-state index is 5.88. The number of hydrogen-bond acceptors (Lipinski definition) is 8. The molecule has 2 aromatic rings. The smallest absolute Gasteiger partial charge is 0.147 e. The van der Waals surface area contributed by atoms with Gasteiger partial charge in [-0.1, -0.05) is 5.21 Å². The van der Waals surface area contributed by atoms with Crippen LogP contribution in [0.25, 0.3) is 11.0 Å². The third-order valence-corrected chi connectivity index (χ3v) is 3.45. The fourth-order valence-corrected chi connectivity index (χ4v) is 2.43. The van der Waals surface area contributed by atoms with E-state index in [0.717, 1.165) is 16.7 Å². The summed E-state index contributed by atoms with van der Waals surface area (Å²) < 4.78 is 1.73. The number of hydrazone groups is 1. The van der Waals surface area contributed by atoms with Crippen molar-refractivity contribution in [3.8, 4) is 0 Å². The molecule has 4 heterocycles. The first-order chi connectivity index (χ1) is 9.15. The number of hydrogen-bond donors (Lipinski definition) is 3. The SMILES string of the molecule is Cn1nnc2cc(NN3C4C(N)=NN3C4N)ccc21. The summed E-state index contributed by atoms with van der Waals surface area (Å²) in [5.74, 6) is 0.528. The second-order valence-electron chi connectivity index (χ2n) is 4.65. The summed E-state index contributed by atoms with van der Waals surface area (Å²) in [5.41, 5.74) is 17.6. The standard InChI is InChI=1S/C10H13N9/c1-17-7-3-2-5(4-6(7)13-16-17)14-18-8-9(11)15-19(18)10(8)12/h2-4,8,10,14H,12H2,1H3,(H2,11,15). The van der Waals surface area contributed by atoms with Crippen LogP contribution < -0.4 is 16.9 Å². The van der Waals surface area contributed by atoms with Gasteiger partial charge in [0, 0.05) is 7.05 Å². The first-order valence-electron chi connectivity index (χ1n) is 5.89. The van der Waals surface area contributed by atoms with Crippen LogP contribution in [0.2, 0.25) is 0 Å². The van der Waals surface area contributed by atoms with Crippen molar-refractivity contribution in [1.82, 2.24) is 25.2 Å². The summed E-state index contributed by atoms with van der Waals surface area (Å²) in [6, 6.07) is 5.74. The van der Waals surface area contributed by atoms with Crippen LogP contribution in [0.1, 0.15) is 0 Å². The molecular formula is C10H13N9. The molecule has 0 radical (unpaired) electrons. The van der Waals surface area contributed by atoms with Crippen LogP contribution in [0.4, 0.5) is 5.69 Å². The molecule has 98 valence electrons. The van der Waals surface area contributed by atoms with Crippen LogP contribution in [-0.2, 0) is 7.05 Å². The highest BCUT2D eigenvalue weighted by atomic mass is 16.0. The van der Waals surface area contributed by atoms with Crippen molar-refractivity contribution in [3.05, 3.63) is 18.2 Å². The highest BCUT2D eigenvalue weighted by Crippen LogP contribution is 2.31. The number of aromatic nitrogens is 3. The van der Waals surface area contributed by atoms with Gasteiger partial charge in [0.1, 0.15) is 23.6 Å². The summed E-state index contributed by atoms with van der Waals surface area (Å²) in [6.07, 6.45) is -0.173. The molecule has 5 N–H and O–H groups in total. The minimum Gasteiger partial charge on any atom is -0.384 e. The van der Waals surface area contributed by atoms with E-state index in [1.165, 1.54) is 0 Å². The van der Waals surface area contributed by atoms with Crippen molar-refractivity contribution >= 4 is 22.6 Å². The Morgan fingerprint density at radius 2 is 2.21 bits per heavy atom. The molecule has 1 saturated heterocycles. The Kier molecular flexibility index (Phi) is 1.85. The predicted molar refractivity (Wildman–Crippen MR) is 69.2 cm³/mol. The Hall–Kier alpha value is -2.39. The van der Waals surface area contributed by atoms with Gasteiger partial charge in [-0.15, -0.1) is 15.3 Å². The number of fused-ring (bicyclic) bond motifs is 1. The number of benzene rings is 1. The molecule has 2 unspecified atom stereocenters. The number of nitrogens with one attached hydrogen (secondary N) is 1. The molecule has 1 fully saturated rings. The lowest BCUT2D eigenvalue weighted by atomic mass is 10.2. The van der Waals surface area contributed by atoms with Crippen LogP contribution in [-0.4, -0.2) is 43.3 Å². The number of hydrazine groups is 2. The van der Waals surface area contributed by atoms with Gasteiger partial charge in [0.05, 0.1) is 11.2 Å². The molecule has 3 aliphatic heterocycles. The fourth-order valence-electron chi connectivity index (χ4n) is 2.43. The Morgan fingerprint density at radius 3 is 2.89 bits per heavy atom. The quantitative estimate of drug-likeness (QED) is 0.618. The van der Waals surface area contributed by atoms with E-state index in [9.17, 15) is 0 Å². The van der Waals surface area contributed by atoms with E-state index in [0.29, 0.717) is 5.84 Å². The Balaban J connectivity index is 1.60. The average Bonchev–Trinajstić information content (AvgIpc) is 3.01. The summed E-state index contributed by atoms with van der Waals surface area (Å²) in [5, 5.41) is 15.6. The molecule has 0 spiro atoms. The van der Waals surface area contributed by atoms with Gasteiger partial charge < -0.3 is 11.5 Å². The first-order valence-corrected chi connectivity index (χ1v) is 5.89. The molecule has 1 aromatic heterocycles. The zero-order chi connectivity index (χ0) is 13.1. The summed E-state index contributed by atoms with van der Waals surface area (Å²) in [4.78, 5) is 0. The number of aryl methyl sites for hydroxylation is 1. The molecule has 0 amide bonds. The number of nitrogens with two attached hydrogens (primary N) is 2. The lowest BCUT2D eigenvalue weighted by Gasteiger charge is -2.46. The molecule has 0 aliphatic carbocycles. The van der Waals surface area contributed by atoms with E-state index < -0.39 is 0 Å². The second-order valence-corrected chi connectivity index (χ2v) is 4.65. The van der Waals surface area contributed by atoms with Crippen molar-refractivity contribution < 1.29 is 0 Å². The molecule has 0 saturated carbocycles. The Bertz CT molecular complexity index is 689. The zero-order valence-corrected chi connectivity index (χ0v) is 10.2.